The van der Waals surface area contributed by atoms with Crippen molar-refractivity contribution in [2.24, 2.45) is 10.7 Å². The summed E-state index contributed by atoms with van der Waals surface area (Å²) in [5.41, 5.74) is 7.08. The summed E-state index contributed by atoms with van der Waals surface area (Å²) in [6, 6.07) is 11.3. The third-order valence-corrected chi connectivity index (χ3v) is 3.99. The molecule has 3 rings (SSSR count). The van der Waals surface area contributed by atoms with Crippen LogP contribution in [0.1, 0.15) is 11.6 Å². The Hall–Kier alpha value is -1.78. The lowest BCUT2D eigenvalue weighted by Crippen LogP contribution is -2.36. The summed E-state index contributed by atoms with van der Waals surface area (Å²) in [7, 11) is 0. The van der Waals surface area contributed by atoms with Gasteiger partial charge in [0.15, 0.2) is 5.96 Å². The van der Waals surface area contributed by atoms with E-state index >= 15 is 0 Å². The molecule has 0 fully saturated rings. The number of hydrogen-bond acceptors (Lipinski definition) is 3. The molecule has 1 heterocycles. The molecular weight excluding hydrogens is 312 g/mol. The van der Waals surface area contributed by atoms with Crippen LogP contribution in [0.4, 0.5) is 10.1 Å². The molecule has 2 aromatic rings. The third kappa shape index (κ3) is 2.57. The first kappa shape index (κ1) is 14.2. The van der Waals surface area contributed by atoms with E-state index in [1.807, 2.05) is 0 Å². The van der Waals surface area contributed by atoms with Crippen molar-refractivity contribution in [1.82, 2.24) is 0 Å². The minimum absolute atomic E-state index is 0.265. The summed E-state index contributed by atoms with van der Waals surface area (Å²) >= 11 is 12.3. The highest BCUT2D eigenvalue weighted by atomic mass is 35.5. The van der Waals surface area contributed by atoms with Crippen LogP contribution < -0.4 is 10.6 Å². The smallest absolute Gasteiger partial charge is 0.196 e. The normalized spacial score (nSPS) is 18.0. The van der Waals surface area contributed by atoms with E-state index in [2.05, 4.69) is 4.99 Å². The molecule has 6 heteroatoms. The van der Waals surface area contributed by atoms with Crippen LogP contribution in [-0.2, 0) is 0 Å². The molecule has 3 nitrogen and oxygen atoms in total. The van der Waals surface area contributed by atoms with Gasteiger partial charge in [0, 0.05) is 10.0 Å². The van der Waals surface area contributed by atoms with Gasteiger partial charge in [-0.2, -0.15) is 0 Å². The molecular formula is C15H12Cl2FN3. The minimum atomic E-state index is -0.360. The SMILES string of the molecule is NC1=NCC(c2cc(Cl)ccc2Cl)N1c1ccccc1F. The molecule has 0 aromatic heterocycles. The molecule has 0 saturated carbocycles. The molecule has 0 spiro atoms. The lowest BCUT2D eigenvalue weighted by molar-refractivity contribution is 0.619. The van der Waals surface area contributed by atoms with Gasteiger partial charge >= 0.3 is 0 Å². The molecule has 0 amide bonds. The van der Waals surface area contributed by atoms with E-state index in [0.717, 1.165) is 5.56 Å². The lowest BCUT2D eigenvalue weighted by atomic mass is 10.1. The largest absolute Gasteiger partial charge is 0.369 e. The van der Waals surface area contributed by atoms with E-state index < -0.39 is 0 Å². The maximum atomic E-state index is 14.1. The Morgan fingerprint density at radius 1 is 1.19 bits per heavy atom. The number of benzene rings is 2. The van der Waals surface area contributed by atoms with Crippen LogP contribution in [0.25, 0.3) is 0 Å². The second kappa shape index (κ2) is 5.54. The zero-order chi connectivity index (χ0) is 15.0. The Balaban J connectivity index is 2.07. The summed E-state index contributed by atoms with van der Waals surface area (Å²) in [6.07, 6.45) is 0. The van der Waals surface area contributed by atoms with Crippen molar-refractivity contribution in [3.63, 3.8) is 0 Å². The van der Waals surface area contributed by atoms with E-state index in [-0.39, 0.29) is 17.8 Å². The standard InChI is InChI=1S/C15H12Cl2FN3/c16-9-5-6-11(17)10(7-9)14-8-20-15(19)21(14)13-4-2-1-3-12(13)18/h1-7,14H,8H2,(H2,19,20). The summed E-state index contributed by atoms with van der Waals surface area (Å²) in [6.45, 7) is 0.403. The van der Waals surface area contributed by atoms with Crippen molar-refractivity contribution < 1.29 is 4.39 Å². The van der Waals surface area contributed by atoms with Crippen molar-refractivity contribution in [2.45, 2.75) is 6.04 Å². The minimum Gasteiger partial charge on any atom is -0.369 e. The zero-order valence-electron chi connectivity index (χ0n) is 10.9. The Bertz CT molecular complexity index is 718. The first-order valence-electron chi connectivity index (χ1n) is 6.36. The fraction of sp³-hybridized carbons (Fsp3) is 0.133. The van der Waals surface area contributed by atoms with Crippen LogP contribution in [0.2, 0.25) is 10.0 Å². The van der Waals surface area contributed by atoms with Crippen molar-refractivity contribution in [2.75, 3.05) is 11.4 Å². The quantitative estimate of drug-likeness (QED) is 0.907. The highest BCUT2D eigenvalue weighted by molar-refractivity contribution is 6.33. The predicted octanol–water partition coefficient (Wildman–Crippen LogP) is 4.01. The van der Waals surface area contributed by atoms with Gasteiger partial charge in [-0.15, -0.1) is 0 Å². The Kier molecular flexibility index (Phi) is 3.74. The summed E-state index contributed by atoms with van der Waals surface area (Å²) in [4.78, 5) is 5.86. The van der Waals surface area contributed by atoms with E-state index in [1.54, 1.807) is 41.3 Å². The molecule has 0 radical (unpaired) electrons. The first-order valence-corrected chi connectivity index (χ1v) is 7.12. The molecule has 1 aliphatic heterocycles. The molecule has 0 bridgehead atoms. The molecule has 2 aromatic carbocycles. The van der Waals surface area contributed by atoms with Gasteiger partial charge in [-0.25, -0.2) is 4.39 Å². The van der Waals surface area contributed by atoms with Crippen molar-refractivity contribution >= 4 is 34.8 Å². The van der Waals surface area contributed by atoms with E-state index in [1.165, 1.54) is 6.07 Å². The maximum absolute atomic E-state index is 14.1. The molecule has 1 unspecified atom stereocenters. The summed E-state index contributed by atoms with van der Waals surface area (Å²) in [5, 5.41) is 1.11. The molecule has 108 valence electrons. The fourth-order valence-electron chi connectivity index (χ4n) is 2.44. The Labute approximate surface area is 131 Å². The highest BCUT2D eigenvalue weighted by Crippen LogP contribution is 2.36. The van der Waals surface area contributed by atoms with Gasteiger partial charge < -0.3 is 10.6 Å². The number of aliphatic imine (C=N–C) groups is 1. The summed E-state index contributed by atoms with van der Waals surface area (Å²) < 4.78 is 14.1. The first-order chi connectivity index (χ1) is 10.1. The number of guanidine groups is 1. The average molecular weight is 324 g/mol. The second-order valence-corrected chi connectivity index (χ2v) is 5.55. The van der Waals surface area contributed by atoms with Crippen LogP contribution in [0.5, 0.6) is 0 Å². The zero-order valence-corrected chi connectivity index (χ0v) is 12.4. The topological polar surface area (TPSA) is 41.6 Å². The van der Waals surface area contributed by atoms with Crippen molar-refractivity contribution in [3.05, 3.63) is 63.9 Å². The van der Waals surface area contributed by atoms with Crippen LogP contribution >= 0.6 is 23.2 Å². The molecule has 1 aliphatic rings. The van der Waals surface area contributed by atoms with Crippen LogP contribution in [0, 0.1) is 5.82 Å². The summed E-state index contributed by atoms with van der Waals surface area (Å²) in [5.74, 6) is -0.0955. The molecule has 0 saturated heterocycles. The van der Waals surface area contributed by atoms with Gasteiger partial charge in [0.05, 0.1) is 18.3 Å². The number of anilines is 1. The average Bonchev–Trinajstić information content (AvgIpc) is 2.84. The molecule has 21 heavy (non-hydrogen) atoms. The molecule has 2 N–H and O–H groups in total. The monoisotopic (exact) mass is 323 g/mol. The van der Waals surface area contributed by atoms with E-state index in [4.69, 9.17) is 28.9 Å². The van der Waals surface area contributed by atoms with Gasteiger partial charge in [0.2, 0.25) is 0 Å². The van der Waals surface area contributed by atoms with Crippen LogP contribution in [0.15, 0.2) is 47.5 Å². The number of nitrogens with zero attached hydrogens (tertiary/aromatic N) is 2. The van der Waals surface area contributed by atoms with Crippen molar-refractivity contribution in [3.8, 4) is 0 Å². The Morgan fingerprint density at radius 2 is 1.95 bits per heavy atom. The fourth-order valence-corrected chi connectivity index (χ4v) is 2.87. The van der Waals surface area contributed by atoms with Gasteiger partial charge in [0.1, 0.15) is 5.82 Å². The predicted molar refractivity (Wildman–Crippen MR) is 84.6 cm³/mol. The Morgan fingerprint density at radius 3 is 2.71 bits per heavy atom. The number of rotatable bonds is 2. The number of para-hydroxylation sites is 1. The number of nitrogens with two attached hydrogens (primary N) is 1. The van der Waals surface area contributed by atoms with Gasteiger partial charge in [-0.1, -0.05) is 35.3 Å². The second-order valence-electron chi connectivity index (χ2n) is 4.70. The molecule has 1 atom stereocenters. The molecule has 0 aliphatic carbocycles. The maximum Gasteiger partial charge on any atom is 0.196 e. The number of hydrogen-bond donors (Lipinski definition) is 1. The van der Waals surface area contributed by atoms with Crippen LogP contribution in [-0.4, -0.2) is 12.5 Å². The lowest BCUT2D eigenvalue weighted by Gasteiger charge is -2.27. The third-order valence-electron chi connectivity index (χ3n) is 3.41. The van der Waals surface area contributed by atoms with Gasteiger partial charge in [-0.05, 0) is 35.9 Å². The van der Waals surface area contributed by atoms with Gasteiger partial charge in [0.25, 0.3) is 0 Å². The van der Waals surface area contributed by atoms with Gasteiger partial charge in [-0.3, -0.25) is 4.99 Å². The van der Waals surface area contributed by atoms with E-state index in [0.29, 0.717) is 22.3 Å². The van der Waals surface area contributed by atoms with E-state index in [9.17, 15) is 4.39 Å². The van der Waals surface area contributed by atoms with Crippen molar-refractivity contribution in [1.29, 1.82) is 0 Å². The van der Waals surface area contributed by atoms with Crippen LogP contribution in [0.3, 0.4) is 0 Å². The number of halogens is 3. The highest BCUT2D eigenvalue weighted by Gasteiger charge is 2.31.